The normalized spacial score (nSPS) is 11.4. The van der Waals surface area contributed by atoms with E-state index in [9.17, 15) is 13.2 Å². The van der Waals surface area contributed by atoms with Gasteiger partial charge >= 0.3 is 0 Å². The Bertz CT molecular complexity index is 801. The summed E-state index contributed by atoms with van der Waals surface area (Å²) in [5.41, 5.74) is 0.169. The maximum atomic E-state index is 12.2. The van der Waals surface area contributed by atoms with Crippen LogP contribution in [0.2, 0.25) is 15.1 Å². The molecule has 2 aromatic rings. The molecule has 0 bridgehead atoms. The van der Waals surface area contributed by atoms with Crippen molar-refractivity contribution in [3.8, 4) is 0 Å². The number of benzene rings is 2. The fourth-order valence-electron chi connectivity index (χ4n) is 1.69. The number of hydrogen-bond donors (Lipinski definition) is 0. The summed E-state index contributed by atoms with van der Waals surface area (Å²) in [6.45, 7) is 0. The lowest BCUT2D eigenvalue weighted by Gasteiger charge is -2.06. The molecule has 0 aliphatic heterocycles. The second-order valence-corrected chi connectivity index (χ2v) is 7.45. The Hall–Kier alpha value is -1.07. The first-order chi connectivity index (χ1) is 9.81. The Morgan fingerprint density at radius 2 is 1.57 bits per heavy atom. The Kier molecular flexibility index (Phi) is 4.94. The van der Waals surface area contributed by atoms with Gasteiger partial charge in [-0.3, -0.25) is 4.79 Å². The molecular weight excluding hydrogens is 355 g/mol. The third kappa shape index (κ3) is 3.77. The smallest absolute Gasteiger partial charge is 0.185 e. The first kappa shape index (κ1) is 16.3. The molecule has 2 aromatic carbocycles. The molecule has 0 amide bonds. The monoisotopic (exact) mass is 362 g/mol. The largest absolute Gasteiger partial charge is 0.293 e. The van der Waals surface area contributed by atoms with Crippen LogP contribution in [-0.4, -0.2) is 20.0 Å². The number of ketones is 1. The number of hydrogen-bond acceptors (Lipinski definition) is 3. The predicted octanol–water partition coefficient (Wildman–Crippen LogP) is 4.30. The van der Waals surface area contributed by atoms with Crippen molar-refractivity contribution in [1.82, 2.24) is 0 Å². The lowest BCUT2D eigenvalue weighted by Crippen LogP contribution is -2.16. The molecule has 0 heterocycles. The minimum atomic E-state index is -3.81. The zero-order chi connectivity index (χ0) is 15.6. The van der Waals surface area contributed by atoms with E-state index in [1.54, 1.807) is 12.1 Å². The van der Waals surface area contributed by atoms with E-state index in [4.69, 9.17) is 34.8 Å². The van der Waals surface area contributed by atoms with E-state index in [1.165, 1.54) is 30.3 Å². The molecule has 110 valence electrons. The first-order valence-electron chi connectivity index (χ1n) is 5.77. The molecule has 0 unspecified atom stereocenters. The van der Waals surface area contributed by atoms with Crippen molar-refractivity contribution in [3.05, 3.63) is 63.1 Å². The van der Waals surface area contributed by atoms with Gasteiger partial charge in [-0.15, -0.1) is 0 Å². The fraction of sp³-hybridized carbons (Fsp3) is 0.0714. The standard InChI is InChI=1S/C14H9Cl3O3S/c15-11-4-2-1-3-10(11)14(18)8-21(19,20)9-5-6-12(16)13(17)7-9/h1-7H,8H2. The van der Waals surface area contributed by atoms with E-state index in [2.05, 4.69) is 0 Å². The van der Waals surface area contributed by atoms with Crippen LogP contribution >= 0.6 is 34.8 Å². The second kappa shape index (κ2) is 6.36. The lowest BCUT2D eigenvalue weighted by atomic mass is 10.1. The summed E-state index contributed by atoms with van der Waals surface area (Å²) in [5.74, 6) is -1.26. The molecule has 0 fully saturated rings. The van der Waals surface area contributed by atoms with Crippen LogP contribution < -0.4 is 0 Å². The Labute approximate surface area is 137 Å². The van der Waals surface area contributed by atoms with E-state index in [-0.39, 0.29) is 25.5 Å². The van der Waals surface area contributed by atoms with Crippen LogP contribution in [0.25, 0.3) is 0 Å². The number of carbonyl (C=O) groups is 1. The van der Waals surface area contributed by atoms with Crippen molar-refractivity contribution in [1.29, 1.82) is 0 Å². The summed E-state index contributed by atoms with van der Waals surface area (Å²) in [5, 5.41) is 0.572. The van der Waals surface area contributed by atoms with Crippen LogP contribution in [0, 0.1) is 0 Å². The van der Waals surface area contributed by atoms with Crippen molar-refractivity contribution in [2.75, 3.05) is 5.75 Å². The third-order valence-corrected chi connectivity index (χ3v) is 5.43. The number of halogens is 3. The van der Waals surface area contributed by atoms with E-state index >= 15 is 0 Å². The van der Waals surface area contributed by atoms with E-state index in [0.717, 1.165) is 0 Å². The van der Waals surface area contributed by atoms with Crippen molar-refractivity contribution < 1.29 is 13.2 Å². The van der Waals surface area contributed by atoms with Gasteiger partial charge in [0.2, 0.25) is 0 Å². The van der Waals surface area contributed by atoms with Gasteiger partial charge in [0, 0.05) is 5.56 Å². The van der Waals surface area contributed by atoms with Crippen LogP contribution in [0.15, 0.2) is 47.4 Å². The van der Waals surface area contributed by atoms with Crippen LogP contribution in [-0.2, 0) is 9.84 Å². The molecule has 0 saturated heterocycles. The number of rotatable bonds is 4. The molecule has 0 aliphatic carbocycles. The summed E-state index contributed by atoms with van der Waals surface area (Å²) in [6, 6.07) is 10.2. The Balaban J connectivity index is 2.31. The van der Waals surface area contributed by atoms with E-state index in [0.29, 0.717) is 0 Å². The number of Topliss-reactive ketones (excluding diaryl/α,β-unsaturated/α-hetero) is 1. The van der Waals surface area contributed by atoms with Gasteiger partial charge in [-0.2, -0.15) is 0 Å². The number of sulfone groups is 1. The van der Waals surface area contributed by atoms with Gasteiger partial charge in [0.25, 0.3) is 0 Å². The summed E-state index contributed by atoms with van der Waals surface area (Å²) in [4.78, 5) is 12.0. The van der Waals surface area contributed by atoms with Crippen molar-refractivity contribution in [3.63, 3.8) is 0 Å². The van der Waals surface area contributed by atoms with E-state index < -0.39 is 21.4 Å². The number of carbonyl (C=O) groups excluding carboxylic acids is 1. The zero-order valence-corrected chi connectivity index (χ0v) is 13.6. The van der Waals surface area contributed by atoms with E-state index in [1.807, 2.05) is 0 Å². The highest BCUT2D eigenvalue weighted by atomic mass is 35.5. The van der Waals surface area contributed by atoms with Gasteiger partial charge in [-0.25, -0.2) is 8.42 Å². The molecular formula is C14H9Cl3O3S. The topological polar surface area (TPSA) is 51.2 Å². The summed E-state index contributed by atoms with van der Waals surface area (Å²) in [7, 11) is -3.81. The van der Waals surface area contributed by atoms with Crippen molar-refractivity contribution >= 4 is 50.4 Å². The molecule has 0 saturated carbocycles. The zero-order valence-electron chi connectivity index (χ0n) is 10.5. The fourth-order valence-corrected chi connectivity index (χ4v) is 3.54. The van der Waals surface area contributed by atoms with Gasteiger partial charge in [0.05, 0.1) is 20.0 Å². The minimum Gasteiger partial charge on any atom is -0.293 e. The first-order valence-corrected chi connectivity index (χ1v) is 8.55. The highest BCUT2D eigenvalue weighted by molar-refractivity contribution is 7.92. The van der Waals surface area contributed by atoms with Crippen molar-refractivity contribution in [2.45, 2.75) is 4.90 Å². The minimum absolute atomic E-state index is 0.0581. The van der Waals surface area contributed by atoms with Gasteiger partial charge in [0.15, 0.2) is 15.6 Å². The average molecular weight is 364 g/mol. The molecule has 0 spiro atoms. The molecule has 0 atom stereocenters. The maximum Gasteiger partial charge on any atom is 0.185 e. The van der Waals surface area contributed by atoms with Gasteiger partial charge in [-0.1, -0.05) is 46.9 Å². The molecule has 0 N–H and O–H groups in total. The molecule has 0 radical (unpaired) electrons. The maximum absolute atomic E-state index is 12.2. The molecule has 0 aromatic heterocycles. The molecule has 0 aliphatic rings. The molecule has 21 heavy (non-hydrogen) atoms. The Morgan fingerprint density at radius 3 is 2.19 bits per heavy atom. The summed E-state index contributed by atoms with van der Waals surface area (Å²) in [6.07, 6.45) is 0. The highest BCUT2D eigenvalue weighted by Gasteiger charge is 2.22. The quantitative estimate of drug-likeness (QED) is 0.761. The molecule has 3 nitrogen and oxygen atoms in total. The predicted molar refractivity (Wildman–Crippen MR) is 84.3 cm³/mol. The van der Waals surface area contributed by atoms with Crippen LogP contribution in [0.4, 0.5) is 0 Å². The second-order valence-electron chi connectivity index (χ2n) is 4.24. The van der Waals surface area contributed by atoms with Gasteiger partial charge < -0.3 is 0 Å². The SMILES string of the molecule is O=C(CS(=O)(=O)c1ccc(Cl)c(Cl)c1)c1ccccc1Cl. The van der Waals surface area contributed by atoms with Crippen molar-refractivity contribution in [2.24, 2.45) is 0 Å². The van der Waals surface area contributed by atoms with Crippen LogP contribution in [0.3, 0.4) is 0 Å². The summed E-state index contributed by atoms with van der Waals surface area (Å²) < 4.78 is 24.5. The highest BCUT2D eigenvalue weighted by Crippen LogP contribution is 2.26. The van der Waals surface area contributed by atoms with Crippen LogP contribution in [0.5, 0.6) is 0 Å². The van der Waals surface area contributed by atoms with Gasteiger partial charge in [-0.05, 0) is 30.3 Å². The molecule has 7 heteroatoms. The average Bonchev–Trinajstić information content (AvgIpc) is 2.41. The van der Waals surface area contributed by atoms with Gasteiger partial charge in [0.1, 0.15) is 5.75 Å². The summed E-state index contributed by atoms with van der Waals surface area (Å²) >= 11 is 17.4. The van der Waals surface area contributed by atoms with Crippen LogP contribution in [0.1, 0.15) is 10.4 Å². The Morgan fingerprint density at radius 1 is 0.905 bits per heavy atom. The molecule has 2 rings (SSSR count). The third-order valence-electron chi connectivity index (χ3n) is 2.75. The lowest BCUT2D eigenvalue weighted by molar-refractivity contribution is 0.102.